The molecule has 0 saturated carbocycles. The second-order valence-electron chi connectivity index (χ2n) is 5.67. The normalized spacial score (nSPS) is 28.6. The summed E-state index contributed by atoms with van der Waals surface area (Å²) in [6.07, 6.45) is 3.89. The standard InChI is InChI=1S/C15H19ClN2O2/c1-20-14-5-2-9(16)6-13(14)15(19)18-11-3-4-12(18)8-10(17)7-11/h2,5-6,10-12H,3-4,7-8,17H2,1H3. The molecule has 2 heterocycles. The fraction of sp³-hybridized carbons (Fsp3) is 0.533. The minimum Gasteiger partial charge on any atom is -0.496 e. The van der Waals surface area contributed by atoms with Crippen LogP contribution in [0.4, 0.5) is 0 Å². The molecule has 0 aliphatic carbocycles. The van der Waals surface area contributed by atoms with Gasteiger partial charge in [0, 0.05) is 23.1 Å². The lowest BCUT2D eigenvalue weighted by molar-refractivity contribution is 0.0572. The van der Waals surface area contributed by atoms with Crippen LogP contribution in [0.25, 0.3) is 0 Å². The zero-order valence-electron chi connectivity index (χ0n) is 11.5. The van der Waals surface area contributed by atoms with Crippen LogP contribution in [0.5, 0.6) is 5.75 Å². The first-order valence-electron chi connectivity index (χ1n) is 7.02. The number of hydrogen-bond donors (Lipinski definition) is 1. The van der Waals surface area contributed by atoms with Gasteiger partial charge in [0.15, 0.2) is 0 Å². The van der Waals surface area contributed by atoms with E-state index >= 15 is 0 Å². The van der Waals surface area contributed by atoms with Crippen LogP contribution in [-0.2, 0) is 0 Å². The molecule has 2 atom stereocenters. The molecule has 0 aromatic heterocycles. The molecule has 2 unspecified atom stereocenters. The highest BCUT2D eigenvalue weighted by atomic mass is 35.5. The number of amides is 1. The molecule has 4 nitrogen and oxygen atoms in total. The lowest BCUT2D eigenvalue weighted by Crippen LogP contribution is -2.50. The Morgan fingerprint density at radius 3 is 2.60 bits per heavy atom. The van der Waals surface area contributed by atoms with Crippen LogP contribution in [0.3, 0.4) is 0 Å². The molecule has 0 radical (unpaired) electrons. The number of rotatable bonds is 2. The van der Waals surface area contributed by atoms with Gasteiger partial charge in [0.2, 0.25) is 0 Å². The number of piperidine rings is 1. The summed E-state index contributed by atoms with van der Waals surface area (Å²) in [5, 5.41) is 0.551. The number of benzene rings is 1. The van der Waals surface area contributed by atoms with Crippen molar-refractivity contribution < 1.29 is 9.53 Å². The first-order valence-corrected chi connectivity index (χ1v) is 7.39. The Morgan fingerprint density at radius 1 is 1.35 bits per heavy atom. The van der Waals surface area contributed by atoms with Crippen LogP contribution in [-0.4, -0.2) is 36.0 Å². The summed E-state index contributed by atoms with van der Waals surface area (Å²) in [6, 6.07) is 5.92. The number of methoxy groups -OCH3 is 1. The van der Waals surface area contributed by atoms with Gasteiger partial charge in [-0.2, -0.15) is 0 Å². The van der Waals surface area contributed by atoms with Gasteiger partial charge in [-0.3, -0.25) is 4.79 Å². The molecule has 2 aliphatic heterocycles. The highest BCUT2D eigenvalue weighted by Crippen LogP contribution is 2.37. The summed E-state index contributed by atoms with van der Waals surface area (Å²) in [7, 11) is 1.57. The molecule has 20 heavy (non-hydrogen) atoms. The maximum Gasteiger partial charge on any atom is 0.258 e. The minimum absolute atomic E-state index is 0.0174. The van der Waals surface area contributed by atoms with Crippen molar-refractivity contribution >= 4 is 17.5 Å². The van der Waals surface area contributed by atoms with Gasteiger partial charge in [-0.15, -0.1) is 0 Å². The molecule has 1 aromatic carbocycles. The highest BCUT2D eigenvalue weighted by molar-refractivity contribution is 6.31. The zero-order valence-corrected chi connectivity index (χ0v) is 12.3. The Hall–Kier alpha value is -1.26. The third-order valence-electron chi connectivity index (χ3n) is 4.40. The smallest absolute Gasteiger partial charge is 0.258 e. The van der Waals surface area contributed by atoms with E-state index in [0.717, 1.165) is 25.7 Å². The molecule has 3 rings (SSSR count). The van der Waals surface area contributed by atoms with Crippen molar-refractivity contribution in [3.05, 3.63) is 28.8 Å². The summed E-state index contributed by atoms with van der Waals surface area (Å²) in [5.74, 6) is 0.595. The molecular weight excluding hydrogens is 276 g/mol. The average Bonchev–Trinajstić information content (AvgIpc) is 2.70. The van der Waals surface area contributed by atoms with E-state index in [1.807, 2.05) is 4.90 Å². The molecule has 2 N–H and O–H groups in total. The van der Waals surface area contributed by atoms with Gasteiger partial charge in [-0.25, -0.2) is 0 Å². The zero-order chi connectivity index (χ0) is 14.3. The van der Waals surface area contributed by atoms with Crippen molar-refractivity contribution in [1.82, 2.24) is 4.90 Å². The van der Waals surface area contributed by atoms with Crippen LogP contribution in [0, 0.1) is 0 Å². The number of ether oxygens (including phenoxy) is 1. The maximum atomic E-state index is 12.8. The van der Waals surface area contributed by atoms with Gasteiger partial charge in [0.1, 0.15) is 5.75 Å². The van der Waals surface area contributed by atoms with E-state index in [1.54, 1.807) is 25.3 Å². The van der Waals surface area contributed by atoms with E-state index in [9.17, 15) is 4.79 Å². The summed E-state index contributed by atoms with van der Waals surface area (Å²) in [4.78, 5) is 14.8. The molecule has 2 aliphatic rings. The molecule has 1 amide bonds. The number of nitrogens with zero attached hydrogens (tertiary/aromatic N) is 1. The van der Waals surface area contributed by atoms with E-state index in [1.165, 1.54) is 0 Å². The van der Waals surface area contributed by atoms with Crippen LogP contribution in [0.15, 0.2) is 18.2 Å². The predicted octanol–water partition coefficient (Wildman–Crippen LogP) is 2.44. The second kappa shape index (κ2) is 5.26. The first kappa shape index (κ1) is 13.7. The summed E-state index contributed by atoms with van der Waals surface area (Å²) in [6.45, 7) is 0. The number of nitrogens with two attached hydrogens (primary N) is 1. The van der Waals surface area contributed by atoms with Gasteiger partial charge in [-0.05, 0) is 43.9 Å². The van der Waals surface area contributed by atoms with E-state index in [0.29, 0.717) is 16.3 Å². The third-order valence-corrected chi connectivity index (χ3v) is 4.63. The van der Waals surface area contributed by atoms with Crippen LogP contribution < -0.4 is 10.5 Å². The fourth-order valence-electron chi connectivity index (χ4n) is 3.54. The van der Waals surface area contributed by atoms with Crippen molar-refractivity contribution in [3.63, 3.8) is 0 Å². The van der Waals surface area contributed by atoms with Crippen molar-refractivity contribution in [2.75, 3.05) is 7.11 Å². The Balaban J connectivity index is 1.92. The largest absolute Gasteiger partial charge is 0.496 e. The predicted molar refractivity (Wildman–Crippen MR) is 78.2 cm³/mol. The summed E-state index contributed by atoms with van der Waals surface area (Å²) < 4.78 is 5.29. The van der Waals surface area contributed by atoms with E-state index in [2.05, 4.69) is 0 Å². The molecule has 2 fully saturated rings. The Labute approximate surface area is 123 Å². The maximum absolute atomic E-state index is 12.8. The molecule has 5 heteroatoms. The Bertz CT molecular complexity index is 521. The monoisotopic (exact) mass is 294 g/mol. The van der Waals surface area contributed by atoms with E-state index in [-0.39, 0.29) is 24.0 Å². The SMILES string of the molecule is COc1ccc(Cl)cc1C(=O)N1C2CCC1CC(N)C2. The highest BCUT2D eigenvalue weighted by Gasteiger charge is 2.42. The molecule has 108 valence electrons. The van der Waals surface area contributed by atoms with Crippen LogP contribution >= 0.6 is 11.6 Å². The molecule has 2 saturated heterocycles. The summed E-state index contributed by atoms with van der Waals surface area (Å²) in [5.41, 5.74) is 6.60. The lowest BCUT2D eigenvalue weighted by Gasteiger charge is -2.38. The summed E-state index contributed by atoms with van der Waals surface area (Å²) >= 11 is 6.02. The molecule has 0 spiro atoms. The molecule has 1 aromatic rings. The number of hydrogen-bond acceptors (Lipinski definition) is 3. The van der Waals surface area contributed by atoms with E-state index < -0.39 is 0 Å². The Morgan fingerprint density at radius 2 is 2.00 bits per heavy atom. The van der Waals surface area contributed by atoms with Crippen molar-refractivity contribution in [2.45, 2.75) is 43.8 Å². The van der Waals surface area contributed by atoms with Crippen LogP contribution in [0.2, 0.25) is 5.02 Å². The van der Waals surface area contributed by atoms with Gasteiger partial charge < -0.3 is 15.4 Å². The number of carbonyl (C=O) groups is 1. The minimum atomic E-state index is 0.0174. The van der Waals surface area contributed by atoms with Crippen molar-refractivity contribution in [3.8, 4) is 5.75 Å². The molecular formula is C15H19ClN2O2. The third kappa shape index (κ3) is 2.27. The van der Waals surface area contributed by atoms with Gasteiger partial charge in [0.25, 0.3) is 5.91 Å². The number of halogens is 1. The van der Waals surface area contributed by atoms with E-state index in [4.69, 9.17) is 22.1 Å². The van der Waals surface area contributed by atoms with Crippen molar-refractivity contribution in [1.29, 1.82) is 0 Å². The van der Waals surface area contributed by atoms with Gasteiger partial charge in [-0.1, -0.05) is 11.6 Å². The Kier molecular flexibility index (Phi) is 3.61. The number of fused-ring (bicyclic) bond motifs is 2. The quantitative estimate of drug-likeness (QED) is 0.911. The van der Waals surface area contributed by atoms with Crippen LogP contribution in [0.1, 0.15) is 36.0 Å². The van der Waals surface area contributed by atoms with Gasteiger partial charge in [0.05, 0.1) is 12.7 Å². The molecule has 2 bridgehead atoms. The fourth-order valence-corrected chi connectivity index (χ4v) is 3.71. The average molecular weight is 295 g/mol. The van der Waals surface area contributed by atoms with Gasteiger partial charge >= 0.3 is 0 Å². The van der Waals surface area contributed by atoms with Crippen molar-refractivity contribution in [2.24, 2.45) is 5.73 Å². The second-order valence-corrected chi connectivity index (χ2v) is 6.11. The number of carbonyl (C=O) groups excluding carboxylic acids is 1. The lowest BCUT2D eigenvalue weighted by atomic mass is 9.97. The first-order chi connectivity index (χ1) is 9.60. The topological polar surface area (TPSA) is 55.6 Å².